The number of rotatable bonds is 5. The number of aryl methyl sites for hydroxylation is 2. The maximum atomic E-state index is 12.9. The summed E-state index contributed by atoms with van der Waals surface area (Å²) in [5.74, 6) is 1.15. The van der Waals surface area contributed by atoms with Gasteiger partial charge in [0.2, 0.25) is 5.88 Å². The summed E-state index contributed by atoms with van der Waals surface area (Å²) in [7, 11) is 0. The topological polar surface area (TPSA) is 94.0 Å². The Hall–Kier alpha value is -4.27. The van der Waals surface area contributed by atoms with Crippen molar-refractivity contribution in [2.75, 3.05) is 10.6 Å². The number of nitrogens with one attached hydrogen (secondary N) is 2. The van der Waals surface area contributed by atoms with Crippen LogP contribution in [0.15, 0.2) is 67.0 Å². The minimum atomic E-state index is -0.439. The summed E-state index contributed by atoms with van der Waals surface area (Å²) in [6.07, 6.45) is 1.41. The van der Waals surface area contributed by atoms with E-state index in [1.54, 1.807) is 35.0 Å². The molecule has 2 aromatic carbocycles. The molecule has 31 heavy (non-hydrogen) atoms. The van der Waals surface area contributed by atoms with E-state index in [0.717, 1.165) is 11.4 Å². The summed E-state index contributed by atoms with van der Waals surface area (Å²) >= 11 is 0. The molecule has 0 radical (unpaired) electrons. The monoisotopic (exact) mass is 418 g/mol. The number of carbonyl (C=O) groups excluding carboxylic acids is 1. The van der Waals surface area contributed by atoms with Crippen LogP contribution in [0.1, 0.15) is 11.4 Å². The molecule has 0 atom stereocenters. The van der Waals surface area contributed by atoms with Gasteiger partial charge in [0, 0.05) is 23.1 Å². The average Bonchev–Trinajstić information content (AvgIpc) is 3.09. The summed E-state index contributed by atoms with van der Waals surface area (Å²) in [5, 5.41) is 9.73. The highest BCUT2D eigenvalue weighted by molar-refractivity contribution is 5.99. The first-order chi connectivity index (χ1) is 15.0. The number of hydrogen-bond acceptors (Lipinski definition) is 5. The van der Waals surface area contributed by atoms with E-state index in [1.165, 1.54) is 30.6 Å². The molecule has 8 nitrogen and oxygen atoms in total. The van der Waals surface area contributed by atoms with Crippen molar-refractivity contribution in [1.82, 2.24) is 19.7 Å². The molecule has 0 aliphatic rings. The van der Waals surface area contributed by atoms with Crippen LogP contribution in [-0.2, 0) is 0 Å². The van der Waals surface area contributed by atoms with Gasteiger partial charge in [-0.1, -0.05) is 0 Å². The van der Waals surface area contributed by atoms with Crippen molar-refractivity contribution in [3.8, 4) is 17.4 Å². The van der Waals surface area contributed by atoms with Gasteiger partial charge in [-0.15, -0.1) is 0 Å². The van der Waals surface area contributed by atoms with Crippen LogP contribution < -0.4 is 15.4 Å². The van der Waals surface area contributed by atoms with Gasteiger partial charge in [0.25, 0.3) is 0 Å². The molecule has 9 heteroatoms. The molecule has 4 rings (SSSR count). The number of aromatic nitrogens is 4. The molecule has 2 amide bonds. The van der Waals surface area contributed by atoms with E-state index < -0.39 is 6.03 Å². The van der Waals surface area contributed by atoms with Crippen LogP contribution in [0.4, 0.5) is 20.6 Å². The zero-order chi connectivity index (χ0) is 21.8. The molecule has 0 saturated carbocycles. The van der Waals surface area contributed by atoms with Crippen molar-refractivity contribution >= 4 is 17.4 Å². The number of hydrogen-bond donors (Lipinski definition) is 2. The second-order valence-electron chi connectivity index (χ2n) is 6.77. The highest BCUT2D eigenvalue weighted by atomic mass is 19.1. The lowest BCUT2D eigenvalue weighted by molar-refractivity contribution is 0.262. The van der Waals surface area contributed by atoms with Crippen molar-refractivity contribution in [3.63, 3.8) is 0 Å². The number of amides is 2. The van der Waals surface area contributed by atoms with Crippen molar-refractivity contribution in [3.05, 3.63) is 84.2 Å². The Morgan fingerprint density at radius 3 is 2.19 bits per heavy atom. The summed E-state index contributed by atoms with van der Waals surface area (Å²) in [5.41, 5.74) is 2.90. The molecule has 0 unspecified atom stereocenters. The van der Waals surface area contributed by atoms with Crippen LogP contribution in [0.5, 0.6) is 11.6 Å². The summed E-state index contributed by atoms with van der Waals surface area (Å²) in [4.78, 5) is 20.5. The van der Waals surface area contributed by atoms with Gasteiger partial charge in [-0.05, 0) is 68.4 Å². The van der Waals surface area contributed by atoms with Crippen LogP contribution in [0.3, 0.4) is 0 Å². The fraction of sp³-hybridized carbons (Fsp3) is 0.0909. The molecule has 0 bridgehead atoms. The van der Waals surface area contributed by atoms with E-state index >= 15 is 0 Å². The van der Waals surface area contributed by atoms with E-state index in [9.17, 15) is 9.18 Å². The van der Waals surface area contributed by atoms with Crippen LogP contribution in [0.25, 0.3) is 5.82 Å². The van der Waals surface area contributed by atoms with E-state index in [4.69, 9.17) is 4.74 Å². The van der Waals surface area contributed by atoms with E-state index in [1.807, 2.05) is 19.9 Å². The Balaban J connectivity index is 1.39. The smallest absolute Gasteiger partial charge is 0.323 e. The minimum absolute atomic E-state index is 0.368. The van der Waals surface area contributed by atoms with Crippen molar-refractivity contribution in [2.45, 2.75) is 13.8 Å². The first-order valence-electron chi connectivity index (χ1n) is 9.43. The fourth-order valence-electron chi connectivity index (χ4n) is 2.92. The van der Waals surface area contributed by atoms with Crippen LogP contribution in [0.2, 0.25) is 0 Å². The number of nitrogens with zero attached hydrogens (tertiary/aromatic N) is 4. The molecule has 4 aromatic rings. The second kappa shape index (κ2) is 8.62. The van der Waals surface area contributed by atoms with Crippen LogP contribution in [0, 0.1) is 19.7 Å². The first-order valence-corrected chi connectivity index (χ1v) is 9.43. The van der Waals surface area contributed by atoms with Crippen molar-refractivity contribution < 1.29 is 13.9 Å². The molecule has 156 valence electrons. The van der Waals surface area contributed by atoms with Gasteiger partial charge in [-0.2, -0.15) is 5.10 Å². The van der Waals surface area contributed by atoms with E-state index in [0.29, 0.717) is 28.8 Å². The van der Waals surface area contributed by atoms with Gasteiger partial charge in [-0.25, -0.2) is 23.8 Å². The molecular formula is C22H19FN6O2. The Morgan fingerprint density at radius 2 is 1.58 bits per heavy atom. The Morgan fingerprint density at radius 1 is 0.935 bits per heavy atom. The fourth-order valence-corrected chi connectivity index (χ4v) is 2.92. The first kappa shape index (κ1) is 20.0. The third-order valence-corrected chi connectivity index (χ3v) is 4.29. The highest BCUT2D eigenvalue weighted by Crippen LogP contribution is 2.23. The zero-order valence-corrected chi connectivity index (χ0v) is 16.8. The third-order valence-electron chi connectivity index (χ3n) is 4.29. The average molecular weight is 418 g/mol. The SMILES string of the molecule is Cc1cc(C)n(-c2cc(Oc3ccc(NC(=O)Nc4ccc(F)cc4)cc3)ncn2)n1. The van der Waals surface area contributed by atoms with Gasteiger partial charge in [0.1, 0.15) is 17.9 Å². The molecule has 2 heterocycles. The number of benzene rings is 2. The predicted molar refractivity (Wildman–Crippen MR) is 114 cm³/mol. The molecule has 0 saturated heterocycles. The standard InChI is InChI=1S/C22H19FN6O2/c1-14-11-15(2)29(28-14)20-12-21(25-13-24-20)31-19-9-7-18(8-10-19)27-22(30)26-17-5-3-16(23)4-6-17/h3-13H,1-2H3,(H2,26,27,30). The summed E-state index contributed by atoms with van der Waals surface area (Å²) in [6, 6.07) is 15.5. The van der Waals surface area contributed by atoms with Gasteiger partial charge < -0.3 is 15.4 Å². The number of halogens is 1. The predicted octanol–water partition coefficient (Wildman–Crippen LogP) is 4.85. The normalized spacial score (nSPS) is 10.5. The quantitative estimate of drug-likeness (QED) is 0.483. The summed E-state index contributed by atoms with van der Waals surface area (Å²) in [6.45, 7) is 3.86. The molecule has 0 aliphatic carbocycles. The van der Waals surface area contributed by atoms with Crippen LogP contribution in [-0.4, -0.2) is 25.8 Å². The van der Waals surface area contributed by atoms with Gasteiger partial charge in [-0.3, -0.25) is 0 Å². The third kappa shape index (κ3) is 5.02. The molecule has 0 spiro atoms. The van der Waals surface area contributed by atoms with Crippen molar-refractivity contribution in [1.29, 1.82) is 0 Å². The minimum Gasteiger partial charge on any atom is -0.439 e. The Kier molecular flexibility index (Phi) is 5.57. The molecule has 2 N–H and O–H groups in total. The van der Waals surface area contributed by atoms with E-state index in [2.05, 4.69) is 25.7 Å². The molecule has 2 aromatic heterocycles. The lowest BCUT2D eigenvalue weighted by Gasteiger charge is -2.09. The molecule has 0 fully saturated rings. The number of anilines is 2. The Bertz CT molecular complexity index is 1210. The maximum absolute atomic E-state index is 12.9. The largest absolute Gasteiger partial charge is 0.439 e. The van der Waals surface area contributed by atoms with Gasteiger partial charge in [0.15, 0.2) is 5.82 Å². The summed E-state index contributed by atoms with van der Waals surface area (Å²) < 4.78 is 20.5. The second-order valence-corrected chi connectivity index (χ2v) is 6.77. The van der Waals surface area contributed by atoms with Crippen LogP contribution >= 0.6 is 0 Å². The molecular weight excluding hydrogens is 399 g/mol. The number of urea groups is 1. The lowest BCUT2D eigenvalue weighted by Crippen LogP contribution is -2.19. The number of carbonyl (C=O) groups is 1. The van der Waals surface area contributed by atoms with Crippen molar-refractivity contribution in [2.24, 2.45) is 0 Å². The van der Waals surface area contributed by atoms with E-state index in [-0.39, 0.29) is 5.82 Å². The molecule has 0 aliphatic heterocycles. The zero-order valence-electron chi connectivity index (χ0n) is 16.8. The highest BCUT2D eigenvalue weighted by Gasteiger charge is 2.08. The number of ether oxygens (including phenoxy) is 1. The van der Waals surface area contributed by atoms with Gasteiger partial charge >= 0.3 is 6.03 Å². The maximum Gasteiger partial charge on any atom is 0.323 e. The Labute approximate surface area is 177 Å². The van der Waals surface area contributed by atoms with Gasteiger partial charge in [0.05, 0.1) is 5.69 Å². The lowest BCUT2D eigenvalue weighted by atomic mass is 10.3.